The summed E-state index contributed by atoms with van der Waals surface area (Å²) in [5, 5.41) is 11.9. The maximum Gasteiger partial charge on any atom is 0.230 e. The Labute approximate surface area is 157 Å². The van der Waals surface area contributed by atoms with Gasteiger partial charge in [-0.2, -0.15) is 0 Å². The third-order valence-corrected chi connectivity index (χ3v) is 5.01. The predicted octanol–water partition coefficient (Wildman–Crippen LogP) is 2.77. The molecule has 3 aromatic rings. The second kappa shape index (κ2) is 8.71. The third-order valence-electron chi connectivity index (χ3n) is 4.07. The lowest BCUT2D eigenvalue weighted by Gasteiger charge is -2.23. The number of nitrogens with zero attached hydrogens (tertiary/aromatic N) is 4. The number of hydrogen-bond acceptors (Lipinski definition) is 5. The lowest BCUT2D eigenvalue weighted by atomic mass is 10.2. The van der Waals surface area contributed by atoms with Crippen LogP contribution in [0.3, 0.4) is 0 Å². The Balaban J connectivity index is 1.46. The highest BCUT2D eigenvalue weighted by molar-refractivity contribution is 7.99. The second-order valence-corrected chi connectivity index (χ2v) is 6.91. The summed E-state index contributed by atoms with van der Waals surface area (Å²) >= 11 is 1.39. The molecule has 0 atom stereocenters. The maximum absolute atomic E-state index is 12.1. The molecule has 136 valence electrons. The fraction of sp³-hybridized carbons (Fsp3) is 0.316. The number of pyridine rings is 1. The zero-order valence-electron chi connectivity index (χ0n) is 15.1. The van der Waals surface area contributed by atoms with Crippen LogP contribution in [0, 0.1) is 6.92 Å². The highest BCUT2D eigenvalue weighted by Gasteiger charge is 2.09. The average molecular weight is 369 g/mol. The van der Waals surface area contributed by atoms with Crippen molar-refractivity contribution in [2.24, 2.45) is 0 Å². The summed E-state index contributed by atoms with van der Waals surface area (Å²) < 4.78 is 1.88. The number of nitrogens with one attached hydrogen (secondary N) is 1. The topological polar surface area (TPSA) is 62.5 Å². The molecule has 0 spiro atoms. The smallest absolute Gasteiger partial charge is 0.230 e. The normalized spacial score (nSPS) is 10.8. The van der Waals surface area contributed by atoms with Gasteiger partial charge in [0.2, 0.25) is 5.91 Å². The van der Waals surface area contributed by atoms with Crippen LogP contribution in [0.4, 0.5) is 5.69 Å². The minimum absolute atomic E-state index is 0.00276. The number of fused-ring (bicyclic) bond motifs is 1. The van der Waals surface area contributed by atoms with Crippen molar-refractivity contribution in [3.8, 4) is 0 Å². The summed E-state index contributed by atoms with van der Waals surface area (Å²) in [5.74, 6) is 0.328. The Morgan fingerprint density at radius 3 is 2.92 bits per heavy atom. The van der Waals surface area contributed by atoms with Gasteiger partial charge < -0.3 is 10.2 Å². The molecule has 6 nitrogen and oxygen atoms in total. The molecule has 0 bridgehead atoms. The van der Waals surface area contributed by atoms with Crippen LogP contribution >= 0.6 is 11.8 Å². The molecule has 0 saturated carbocycles. The Kier molecular flexibility index (Phi) is 6.12. The average Bonchev–Trinajstić information content (AvgIpc) is 3.07. The number of benzene rings is 1. The first kappa shape index (κ1) is 18.3. The number of carbonyl (C=O) groups is 1. The van der Waals surface area contributed by atoms with E-state index in [0.29, 0.717) is 12.3 Å². The van der Waals surface area contributed by atoms with Crippen LogP contribution in [0.25, 0.3) is 5.65 Å². The van der Waals surface area contributed by atoms with Crippen LogP contribution in [0.1, 0.15) is 12.5 Å². The number of rotatable bonds is 8. The van der Waals surface area contributed by atoms with Crippen LogP contribution in [0.5, 0.6) is 0 Å². The lowest BCUT2D eigenvalue weighted by molar-refractivity contribution is -0.118. The minimum Gasteiger partial charge on any atom is -0.370 e. The van der Waals surface area contributed by atoms with E-state index in [1.165, 1.54) is 23.0 Å². The van der Waals surface area contributed by atoms with Crippen molar-refractivity contribution >= 4 is 29.0 Å². The third kappa shape index (κ3) is 4.54. The molecule has 0 saturated heterocycles. The van der Waals surface area contributed by atoms with Crippen molar-refractivity contribution in [1.29, 1.82) is 0 Å². The molecule has 0 radical (unpaired) electrons. The number of aryl methyl sites for hydroxylation is 1. The number of carbonyl (C=O) groups excluding carboxylic acids is 1. The molecule has 26 heavy (non-hydrogen) atoms. The predicted molar refractivity (Wildman–Crippen MR) is 106 cm³/mol. The standard InChI is InChI=1S/C19H23N5OS/c1-3-23(16-8-6-7-15(2)13-16)12-10-20-18(25)14-26-19-22-21-17-9-4-5-11-24(17)19/h4-9,11,13H,3,10,12,14H2,1-2H3,(H,20,25). The molecule has 1 N–H and O–H groups in total. The van der Waals surface area contributed by atoms with E-state index >= 15 is 0 Å². The van der Waals surface area contributed by atoms with Crippen molar-refractivity contribution in [1.82, 2.24) is 19.9 Å². The molecule has 7 heteroatoms. The first-order chi connectivity index (χ1) is 12.7. The van der Waals surface area contributed by atoms with E-state index in [1.54, 1.807) is 0 Å². The SMILES string of the molecule is CCN(CCNC(=O)CSc1nnc2ccccn12)c1cccc(C)c1. The number of aromatic nitrogens is 3. The van der Waals surface area contributed by atoms with Gasteiger partial charge in [0.05, 0.1) is 5.75 Å². The molecule has 0 fully saturated rings. The molecule has 2 heterocycles. The summed E-state index contributed by atoms with van der Waals surface area (Å²) in [5.41, 5.74) is 3.21. The zero-order valence-corrected chi connectivity index (χ0v) is 15.9. The number of amides is 1. The number of likely N-dealkylation sites (N-methyl/N-ethyl adjacent to an activating group) is 1. The van der Waals surface area contributed by atoms with E-state index in [1.807, 2.05) is 28.8 Å². The molecule has 0 aliphatic rings. The largest absolute Gasteiger partial charge is 0.370 e. The van der Waals surface area contributed by atoms with Gasteiger partial charge in [0.15, 0.2) is 10.8 Å². The molecule has 2 aromatic heterocycles. The van der Waals surface area contributed by atoms with Gasteiger partial charge in [-0.25, -0.2) is 0 Å². The van der Waals surface area contributed by atoms with Gasteiger partial charge in [-0.15, -0.1) is 10.2 Å². The van der Waals surface area contributed by atoms with Crippen LogP contribution in [-0.4, -0.2) is 45.9 Å². The van der Waals surface area contributed by atoms with Crippen molar-refractivity contribution in [3.05, 3.63) is 54.2 Å². The van der Waals surface area contributed by atoms with Crippen LogP contribution < -0.4 is 10.2 Å². The van der Waals surface area contributed by atoms with Crippen molar-refractivity contribution < 1.29 is 4.79 Å². The van der Waals surface area contributed by atoms with Crippen LogP contribution in [0.15, 0.2) is 53.8 Å². The fourth-order valence-electron chi connectivity index (χ4n) is 2.72. The summed E-state index contributed by atoms with van der Waals surface area (Å²) in [7, 11) is 0. The van der Waals surface area contributed by atoms with E-state index in [0.717, 1.165) is 23.9 Å². The summed E-state index contributed by atoms with van der Waals surface area (Å²) in [6.45, 7) is 6.51. The van der Waals surface area contributed by atoms with Gasteiger partial charge in [-0.3, -0.25) is 9.20 Å². The van der Waals surface area contributed by atoms with Gasteiger partial charge in [0, 0.05) is 31.5 Å². The van der Waals surface area contributed by atoms with Crippen LogP contribution in [0.2, 0.25) is 0 Å². The van der Waals surface area contributed by atoms with Gasteiger partial charge >= 0.3 is 0 Å². The zero-order chi connectivity index (χ0) is 18.4. The maximum atomic E-state index is 12.1. The van der Waals surface area contributed by atoms with Crippen molar-refractivity contribution in [3.63, 3.8) is 0 Å². The Morgan fingerprint density at radius 1 is 1.23 bits per heavy atom. The first-order valence-electron chi connectivity index (χ1n) is 8.68. The summed E-state index contributed by atoms with van der Waals surface area (Å²) in [6.07, 6.45) is 1.90. The van der Waals surface area contributed by atoms with Gasteiger partial charge in [-0.05, 0) is 43.7 Å². The Hall–Kier alpha value is -2.54. The highest BCUT2D eigenvalue weighted by atomic mass is 32.2. The molecule has 3 rings (SSSR count). The second-order valence-electron chi connectivity index (χ2n) is 5.97. The number of thioether (sulfide) groups is 1. The Bertz CT molecular complexity index is 879. The van der Waals surface area contributed by atoms with Crippen molar-refractivity contribution in [2.75, 3.05) is 30.3 Å². The molecule has 1 aromatic carbocycles. The van der Waals surface area contributed by atoms with Gasteiger partial charge in [-0.1, -0.05) is 30.0 Å². The highest BCUT2D eigenvalue weighted by Crippen LogP contribution is 2.16. The van der Waals surface area contributed by atoms with E-state index in [4.69, 9.17) is 0 Å². The molecule has 0 aliphatic heterocycles. The van der Waals surface area contributed by atoms with Crippen molar-refractivity contribution in [2.45, 2.75) is 19.0 Å². The monoisotopic (exact) mass is 369 g/mol. The van der Waals surface area contributed by atoms with Gasteiger partial charge in [0.1, 0.15) is 0 Å². The fourth-order valence-corrected chi connectivity index (χ4v) is 3.48. The minimum atomic E-state index is 0.00276. The lowest BCUT2D eigenvalue weighted by Crippen LogP contribution is -2.35. The molecular weight excluding hydrogens is 346 g/mol. The number of anilines is 1. The van der Waals surface area contributed by atoms with E-state index in [-0.39, 0.29) is 5.91 Å². The van der Waals surface area contributed by atoms with E-state index in [2.05, 4.69) is 58.5 Å². The summed E-state index contributed by atoms with van der Waals surface area (Å²) in [6, 6.07) is 14.1. The van der Waals surface area contributed by atoms with Crippen LogP contribution in [-0.2, 0) is 4.79 Å². The van der Waals surface area contributed by atoms with E-state index in [9.17, 15) is 4.79 Å². The molecular formula is C19H23N5OS. The molecule has 0 aliphatic carbocycles. The first-order valence-corrected chi connectivity index (χ1v) is 9.67. The molecule has 1 amide bonds. The summed E-state index contributed by atoms with van der Waals surface area (Å²) in [4.78, 5) is 14.4. The van der Waals surface area contributed by atoms with E-state index < -0.39 is 0 Å². The Morgan fingerprint density at radius 2 is 2.12 bits per heavy atom. The number of hydrogen-bond donors (Lipinski definition) is 1. The molecule has 0 unspecified atom stereocenters. The quantitative estimate of drug-likeness (QED) is 0.619. The van der Waals surface area contributed by atoms with Gasteiger partial charge in [0.25, 0.3) is 0 Å².